The maximum Gasteiger partial charge on any atom is -0.0128 e. The van der Waals surface area contributed by atoms with Crippen molar-refractivity contribution in [1.82, 2.24) is 0 Å². The molecule has 0 aliphatic rings. The Balaban J connectivity index is 0.00000111. The van der Waals surface area contributed by atoms with Gasteiger partial charge in [0.25, 0.3) is 0 Å². The van der Waals surface area contributed by atoms with Gasteiger partial charge in [-0.15, -0.1) is 27.7 Å². The molecule has 0 nitrogen and oxygen atoms in total. The molecule has 0 heterocycles. The first-order chi connectivity index (χ1) is 13.7. The number of rotatable bonds is 4. The summed E-state index contributed by atoms with van der Waals surface area (Å²) < 4.78 is 0. The van der Waals surface area contributed by atoms with Gasteiger partial charge in [-0.3, -0.25) is 0 Å². The molecule has 28 heavy (non-hydrogen) atoms. The molecule has 3 atom stereocenters. The molecule has 3 aromatic rings. The van der Waals surface area contributed by atoms with Crippen LogP contribution in [0.2, 0.25) is 0 Å². The van der Waals surface area contributed by atoms with Crippen molar-refractivity contribution in [3.63, 3.8) is 0 Å². The van der Waals surface area contributed by atoms with Crippen molar-refractivity contribution in [3.8, 4) is 11.1 Å². The SMILES string of the molecule is CC.CC.CC.PCc1cc(CP)cc(-c2ccc3cc(CP)ccc3c2)c1. The highest BCUT2D eigenvalue weighted by Crippen LogP contribution is 2.28. The molecule has 3 heteroatoms. The van der Waals surface area contributed by atoms with Gasteiger partial charge in [0.15, 0.2) is 0 Å². The molecule has 3 aromatic carbocycles. The second-order valence-corrected chi connectivity index (χ2v) is 6.77. The van der Waals surface area contributed by atoms with Crippen LogP contribution in [0.4, 0.5) is 0 Å². The van der Waals surface area contributed by atoms with Crippen LogP contribution in [0.15, 0.2) is 54.6 Å². The summed E-state index contributed by atoms with van der Waals surface area (Å²) in [6, 6.07) is 20.4. The molecular weight excluding hydrogens is 393 g/mol. The maximum absolute atomic E-state index is 2.82. The summed E-state index contributed by atoms with van der Waals surface area (Å²) in [6.07, 6.45) is 3.00. The topological polar surface area (TPSA) is 0 Å². The molecule has 0 saturated heterocycles. The lowest BCUT2D eigenvalue weighted by molar-refractivity contribution is 1.33. The normalized spacial score (nSPS) is 9.32. The summed E-state index contributed by atoms with van der Waals surface area (Å²) in [5.74, 6) is 0. The quantitative estimate of drug-likeness (QED) is 0.362. The molecule has 0 spiro atoms. The van der Waals surface area contributed by atoms with Gasteiger partial charge in [-0.25, -0.2) is 0 Å². The Morgan fingerprint density at radius 1 is 0.464 bits per heavy atom. The van der Waals surface area contributed by atoms with Crippen molar-refractivity contribution in [1.29, 1.82) is 0 Å². The van der Waals surface area contributed by atoms with E-state index in [9.17, 15) is 0 Å². The van der Waals surface area contributed by atoms with E-state index in [1.807, 2.05) is 41.5 Å². The Hall–Kier alpha value is -0.790. The number of hydrogen-bond donors (Lipinski definition) is 0. The molecule has 3 unspecified atom stereocenters. The molecule has 0 aromatic heterocycles. The fourth-order valence-electron chi connectivity index (χ4n) is 2.77. The van der Waals surface area contributed by atoms with Gasteiger partial charge in [-0.1, -0.05) is 90.1 Å². The van der Waals surface area contributed by atoms with Gasteiger partial charge in [0, 0.05) is 0 Å². The van der Waals surface area contributed by atoms with E-state index < -0.39 is 0 Å². The van der Waals surface area contributed by atoms with Gasteiger partial charge in [-0.05, 0) is 63.1 Å². The van der Waals surface area contributed by atoms with E-state index in [1.54, 1.807) is 0 Å². The summed E-state index contributed by atoms with van der Waals surface area (Å²) in [7, 11) is 8.43. The van der Waals surface area contributed by atoms with E-state index in [0.717, 1.165) is 18.5 Å². The molecule has 0 fully saturated rings. The second-order valence-electron chi connectivity index (χ2n) is 5.55. The van der Waals surface area contributed by atoms with Crippen LogP contribution < -0.4 is 0 Å². The third-order valence-corrected chi connectivity index (χ3v) is 5.41. The smallest absolute Gasteiger partial charge is 0.0128 e. The Labute approximate surface area is 180 Å². The first-order valence-corrected chi connectivity index (χ1v) is 12.9. The first-order valence-electron chi connectivity index (χ1n) is 10.5. The minimum absolute atomic E-state index is 0.997. The molecule has 0 bridgehead atoms. The largest absolute Gasteiger partial charge is 0.133 e. The van der Waals surface area contributed by atoms with E-state index in [0.29, 0.717) is 0 Å². The Kier molecular flexibility index (Phi) is 15.6. The molecular formula is C25H39P3. The predicted octanol–water partition coefficient (Wildman–Crippen LogP) is 8.71. The van der Waals surface area contributed by atoms with E-state index in [-0.39, 0.29) is 0 Å². The molecule has 0 aliphatic heterocycles. The number of fused-ring (bicyclic) bond motifs is 1. The van der Waals surface area contributed by atoms with Gasteiger partial charge in [0.05, 0.1) is 0 Å². The lowest BCUT2D eigenvalue weighted by Gasteiger charge is -2.09. The third-order valence-electron chi connectivity index (χ3n) is 4.00. The van der Waals surface area contributed by atoms with Crippen LogP contribution in [0.25, 0.3) is 21.9 Å². The van der Waals surface area contributed by atoms with Crippen molar-refractivity contribution in [3.05, 3.63) is 71.3 Å². The van der Waals surface area contributed by atoms with Crippen LogP contribution >= 0.6 is 27.7 Å². The van der Waals surface area contributed by atoms with Gasteiger partial charge in [0.1, 0.15) is 0 Å². The van der Waals surface area contributed by atoms with Crippen LogP contribution in [0.3, 0.4) is 0 Å². The van der Waals surface area contributed by atoms with Crippen molar-refractivity contribution >= 4 is 38.5 Å². The van der Waals surface area contributed by atoms with Crippen LogP contribution in [0, 0.1) is 0 Å². The highest BCUT2D eigenvalue weighted by molar-refractivity contribution is 7.15. The van der Waals surface area contributed by atoms with Crippen LogP contribution in [0.1, 0.15) is 58.2 Å². The lowest BCUT2D eigenvalue weighted by Crippen LogP contribution is -1.87. The molecule has 0 aliphatic carbocycles. The highest BCUT2D eigenvalue weighted by Gasteiger charge is 2.04. The van der Waals surface area contributed by atoms with Gasteiger partial charge < -0.3 is 0 Å². The summed E-state index contributed by atoms with van der Waals surface area (Å²) in [5.41, 5.74) is 6.72. The maximum atomic E-state index is 2.82. The van der Waals surface area contributed by atoms with Gasteiger partial charge in [-0.2, -0.15) is 0 Å². The zero-order valence-electron chi connectivity index (χ0n) is 18.5. The standard InChI is InChI=1S/C19H21P3.3C2H6/c20-10-13-1-2-17-9-18(4-3-16(17)6-13)19-7-14(11-21)5-15(8-19)12-22;3*1-2/h1-9H,10-12,20-22H2;3*1-2H3. The predicted molar refractivity (Wildman–Crippen MR) is 144 cm³/mol. The Morgan fingerprint density at radius 2 is 0.929 bits per heavy atom. The summed E-state index contributed by atoms with van der Waals surface area (Å²) in [5, 5.41) is 2.63. The average molecular weight is 433 g/mol. The van der Waals surface area contributed by atoms with Crippen molar-refractivity contribution in [2.24, 2.45) is 0 Å². The van der Waals surface area contributed by atoms with Gasteiger partial charge in [0.2, 0.25) is 0 Å². The minimum Gasteiger partial charge on any atom is -0.133 e. The van der Waals surface area contributed by atoms with Crippen molar-refractivity contribution in [2.45, 2.75) is 60.0 Å². The Morgan fingerprint density at radius 3 is 1.43 bits per heavy atom. The summed E-state index contributed by atoms with van der Waals surface area (Å²) in [4.78, 5) is 0. The fraction of sp³-hybridized carbons (Fsp3) is 0.360. The van der Waals surface area contributed by atoms with Crippen LogP contribution in [-0.2, 0) is 18.5 Å². The van der Waals surface area contributed by atoms with Crippen LogP contribution in [0.5, 0.6) is 0 Å². The lowest BCUT2D eigenvalue weighted by atomic mass is 9.97. The number of benzene rings is 3. The van der Waals surface area contributed by atoms with E-state index in [4.69, 9.17) is 0 Å². The molecule has 154 valence electrons. The van der Waals surface area contributed by atoms with Crippen LogP contribution in [-0.4, -0.2) is 0 Å². The fourth-order valence-corrected chi connectivity index (χ4v) is 3.49. The zero-order valence-corrected chi connectivity index (χ0v) is 22.0. The Bertz CT molecular complexity index is 788. The monoisotopic (exact) mass is 432 g/mol. The summed E-state index contributed by atoms with van der Waals surface area (Å²) in [6.45, 7) is 12.0. The minimum atomic E-state index is 0.997. The second kappa shape index (κ2) is 16.1. The first kappa shape index (κ1) is 27.2. The molecule has 3 rings (SSSR count). The molecule has 0 saturated carbocycles. The van der Waals surface area contributed by atoms with Crippen molar-refractivity contribution < 1.29 is 0 Å². The van der Waals surface area contributed by atoms with E-state index >= 15 is 0 Å². The molecule has 0 N–H and O–H groups in total. The zero-order chi connectivity index (χ0) is 21.5. The summed E-state index contributed by atoms with van der Waals surface area (Å²) >= 11 is 0. The number of hydrogen-bond acceptors (Lipinski definition) is 0. The molecule has 0 radical (unpaired) electrons. The van der Waals surface area contributed by atoms with Gasteiger partial charge >= 0.3 is 0 Å². The highest BCUT2D eigenvalue weighted by atomic mass is 31.0. The van der Waals surface area contributed by atoms with E-state index in [1.165, 1.54) is 38.6 Å². The van der Waals surface area contributed by atoms with E-state index in [2.05, 4.69) is 82.3 Å². The average Bonchev–Trinajstić information content (AvgIpc) is 2.81. The molecule has 0 amide bonds. The third kappa shape index (κ3) is 7.91. The van der Waals surface area contributed by atoms with Crippen molar-refractivity contribution in [2.75, 3.05) is 0 Å².